The quantitative estimate of drug-likeness (QED) is 0.772. The van der Waals surface area contributed by atoms with Gasteiger partial charge in [-0.3, -0.25) is 0 Å². The van der Waals surface area contributed by atoms with Gasteiger partial charge in [-0.1, -0.05) is 33.6 Å². The number of methoxy groups -OCH3 is 1. The molecular formula is C15H21BrO. The van der Waals surface area contributed by atoms with Crippen LogP contribution in [-0.2, 0) is 11.2 Å². The third-order valence-electron chi connectivity index (χ3n) is 2.72. The fraction of sp³-hybridized carbons (Fsp3) is 0.467. The van der Waals surface area contributed by atoms with E-state index in [0.717, 1.165) is 10.9 Å². The molecule has 0 N–H and O–H groups in total. The van der Waals surface area contributed by atoms with Gasteiger partial charge in [-0.15, -0.1) is 0 Å². The van der Waals surface area contributed by atoms with Gasteiger partial charge in [0.1, 0.15) is 0 Å². The Morgan fingerprint density at radius 2 is 2.00 bits per heavy atom. The van der Waals surface area contributed by atoms with E-state index >= 15 is 0 Å². The zero-order valence-electron chi connectivity index (χ0n) is 11.3. The van der Waals surface area contributed by atoms with Crippen LogP contribution < -0.4 is 0 Å². The molecule has 0 fully saturated rings. The molecule has 0 aliphatic heterocycles. The number of ether oxygens (including phenoxy) is 1. The summed E-state index contributed by atoms with van der Waals surface area (Å²) in [5.74, 6) is 0. The second-order valence-corrected chi connectivity index (χ2v) is 6.12. The molecule has 0 saturated carbocycles. The van der Waals surface area contributed by atoms with Crippen LogP contribution in [0.15, 0.2) is 28.2 Å². The predicted octanol–water partition coefficient (Wildman–Crippen LogP) is 4.84. The molecule has 0 atom stereocenters. The van der Waals surface area contributed by atoms with Crippen molar-refractivity contribution in [3.63, 3.8) is 0 Å². The highest BCUT2D eigenvalue weighted by atomic mass is 79.9. The molecule has 2 heteroatoms. The van der Waals surface area contributed by atoms with Gasteiger partial charge >= 0.3 is 0 Å². The van der Waals surface area contributed by atoms with Gasteiger partial charge in [-0.25, -0.2) is 0 Å². The van der Waals surface area contributed by atoms with Gasteiger partial charge in [0.05, 0.1) is 5.60 Å². The van der Waals surface area contributed by atoms with E-state index in [-0.39, 0.29) is 5.60 Å². The predicted molar refractivity (Wildman–Crippen MR) is 78.3 cm³/mol. The Kier molecular flexibility index (Phi) is 4.96. The van der Waals surface area contributed by atoms with Gasteiger partial charge in [0.2, 0.25) is 0 Å². The Morgan fingerprint density at radius 3 is 2.53 bits per heavy atom. The van der Waals surface area contributed by atoms with Gasteiger partial charge in [0.25, 0.3) is 0 Å². The maximum Gasteiger partial charge on any atom is 0.0663 e. The summed E-state index contributed by atoms with van der Waals surface area (Å²) in [6.45, 7) is 8.46. The summed E-state index contributed by atoms with van der Waals surface area (Å²) >= 11 is 3.52. The zero-order chi connectivity index (χ0) is 13.1. The highest BCUT2D eigenvalue weighted by Crippen LogP contribution is 2.24. The van der Waals surface area contributed by atoms with Crippen molar-refractivity contribution in [1.82, 2.24) is 0 Å². The lowest BCUT2D eigenvalue weighted by Crippen LogP contribution is -2.25. The summed E-state index contributed by atoms with van der Waals surface area (Å²) in [6.07, 6.45) is 3.13. The van der Waals surface area contributed by atoms with E-state index in [2.05, 4.69) is 67.9 Å². The first kappa shape index (κ1) is 14.5. The Bertz CT molecular complexity index is 415. The molecular weight excluding hydrogens is 276 g/mol. The minimum Gasteiger partial charge on any atom is -0.378 e. The molecule has 0 unspecified atom stereocenters. The molecule has 0 aromatic heterocycles. The Balaban J connectivity index is 3.11. The van der Waals surface area contributed by atoms with E-state index in [1.54, 1.807) is 7.11 Å². The van der Waals surface area contributed by atoms with Crippen molar-refractivity contribution in [2.75, 3.05) is 7.11 Å². The minimum atomic E-state index is -0.127. The third-order valence-corrected chi connectivity index (χ3v) is 3.21. The molecule has 94 valence electrons. The molecule has 0 radical (unpaired) electrons. The standard InChI is InChI=1S/C15H21BrO/c1-11(2)8-13-9-14(16)7-6-12(13)10-15(3,4)17-5/h6-9H,10H2,1-5H3. The van der Waals surface area contributed by atoms with Gasteiger partial charge in [0.15, 0.2) is 0 Å². The van der Waals surface area contributed by atoms with Crippen LogP contribution in [0.5, 0.6) is 0 Å². The van der Waals surface area contributed by atoms with E-state index in [0.29, 0.717) is 0 Å². The fourth-order valence-electron chi connectivity index (χ4n) is 1.70. The first-order chi connectivity index (χ1) is 7.84. The first-order valence-electron chi connectivity index (χ1n) is 5.82. The number of benzene rings is 1. The molecule has 1 rings (SSSR count). The molecule has 0 bridgehead atoms. The zero-order valence-corrected chi connectivity index (χ0v) is 12.9. The number of hydrogen-bond donors (Lipinski definition) is 0. The van der Waals surface area contributed by atoms with Gasteiger partial charge in [-0.2, -0.15) is 0 Å². The van der Waals surface area contributed by atoms with Gasteiger partial charge < -0.3 is 4.74 Å². The minimum absolute atomic E-state index is 0.127. The number of rotatable bonds is 4. The molecule has 0 spiro atoms. The van der Waals surface area contributed by atoms with Crippen molar-refractivity contribution in [3.8, 4) is 0 Å². The molecule has 0 saturated heterocycles. The smallest absolute Gasteiger partial charge is 0.0663 e. The van der Waals surface area contributed by atoms with E-state index in [4.69, 9.17) is 4.74 Å². The number of allylic oxidation sites excluding steroid dienone is 1. The SMILES string of the molecule is COC(C)(C)Cc1ccc(Br)cc1C=C(C)C. The lowest BCUT2D eigenvalue weighted by atomic mass is 9.94. The van der Waals surface area contributed by atoms with E-state index < -0.39 is 0 Å². The molecule has 0 aliphatic rings. The van der Waals surface area contributed by atoms with Crippen LogP contribution in [0.25, 0.3) is 6.08 Å². The van der Waals surface area contributed by atoms with Gasteiger partial charge in [0, 0.05) is 18.0 Å². The maximum atomic E-state index is 5.50. The molecule has 1 nitrogen and oxygen atoms in total. The number of hydrogen-bond acceptors (Lipinski definition) is 1. The molecule has 0 heterocycles. The number of halogens is 1. The van der Waals surface area contributed by atoms with Crippen LogP contribution in [0.1, 0.15) is 38.8 Å². The normalized spacial score (nSPS) is 11.4. The van der Waals surface area contributed by atoms with Crippen LogP contribution in [0.3, 0.4) is 0 Å². The van der Waals surface area contributed by atoms with Crippen molar-refractivity contribution in [2.24, 2.45) is 0 Å². The highest BCUT2D eigenvalue weighted by Gasteiger charge is 2.18. The second-order valence-electron chi connectivity index (χ2n) is 5.21. The highest BCUT2D eigenvalue weighted by molar-refractivity contribution is 9.10. The average Bonchev–Trinajstić information content (AvgIpc) is 2.21. The third kappa shape index (κ3) is 4.64. The van der Waals surface area contributed by atoms with Crippen LogP contribution >= 0.6 is 15.9 Å². The maximum absolute atomic E-state index is 5.50. The largest absolute Gasteiger partial charge is 0.378 e. The summed E-state index contributed by atoms with van der Waals surface area (Å²) in [6, 6.07) is 6.41. The van der Waals surface area contributed by atoms with Crippen molar-refractivity contribution >= 4 is 22.0 Å². The lowest BCUT2D eigenvalue weighted by molar-refractivity contribution is 0.0231. The van der Waals surface area contributed by atoms with Crippen molar-refractivity contribution < 1.29 is 4.74 Å². The summed E-state index contributed by atoms with van der Waals surface area (Å²) in [7, 11) is 1.76. The fourth-order valence-corrected chi connectivity index (χ4v) is 2.08. The molecule has 17 heavy (non-hydrogen) atoms. The van der Waals surface area contributed by atoms with Crippen LogP contribution in [0.4, 0.5) is 0 Å². The first-order valence-corrected chi connectivity index (χ1v) is 6.62. The van der Waals surface area contributed by atoms with Crippen LogP contribution in [0.2, 0.25) is 0 Å². The van der Waals surface area contributed by atoms with Crippen LogP contribution in [0, 0.1) is 0 Å². The van der Waals surface area contributed by atoms with E-state index in [9.17, 15) is 0 Å². The summed E-state index contributed by atoms with van der Waals surface area (Å²) in [4.78, 5) is 0. The Labute approximate surface area is 113 Å². The Morgan fingerprint density at radius 1 is 1.35 bits per heavy atom. The van der Waals surface area contributed by atoms with Crippen LogP contribution in [-0.4, -0.2) is 12.7 Å². The van der Waals surface area contributed by atoms with E-state index in [1.165, 1.54) is 16.7 Å². The monoisotopic (exact) mass is 296 g/mol. The second kappa shape index (κ2) is 5.83. The molecule has 1 aromatic carbocycles. The molecule has 0 aliphatic carbocycles. The average molecular weight is 297 g/mol. The van der Waals surface area contributed by atoms with Crippen molar-refractivity contribution in [3.05, 3.63) is 39.4 Å². The topological polar surface area (TPSA) is 9.23 Å². The summed E-state index contributed by atoms with van der Waals surface area (Å²) in [5.41, 5.74) is 3.77. The summed E-state index contributed by atoms with van der Waals surface area (Å²) < 4.78 is 6.61. The van der Waals surface area contributed by atoms with Crippen molar-refractivity contribution in [2.45, 2.75) is 39.7 Å². The van der Waals surface area contributed by atoms with E-state index in [1.807, 2.05) is 0 Å². The summed E-state index contributed by atoms with van der Waals surface area (Å²) in [5, 5.41) is 0. The van der Waals surface area contributed by atoms with Crippen molar-refractivity contribution in [1.29, 1.82) is 0 Å². The molecule has 1 aromatic rings. The molecule has 0 amide bonds. The lowest BCUT2D eigenvalue weighted by Gasteiger charge is -2.24. The Hall–Kier alpha value is -0.600. The van der Waals surface area contributed by atoms with Gasteiger partial charge in [-0.05, 0) is 51.0 Å².